The van der Waals surface area contributed by atoms with Crippen molar-refractivity contribution in [2.24, 2.45) is 0 Å². The monoisotopic (exact) mass is 268 g/mol. The third kappa shape index (κ3) is 3.43. The highest BCUT2D eigenvalue weighted by molar-refractivity contribution is 5.33. The average Bonchev–Trinajstić information content (AvgIpc) is 2.47. The van der Waals surface area contributed by atoms with Gasteiger partial charge in [0.05, 0.1) is 11.6 Å². The predicted molar refractivity (Wildman–Crippen MR) is 77.5 cm³/mol. The van der Waals surface area contributed by atoms with E-state index in [0.717, 1.165) is 11.1 Å². The molecule has 2 nitrogen and oxygen atoms in total. The van der Waals surface area contributed by atoms with Gasteiger partial charge < -0.3 is 5.32 Å². The minimum Gasteiger partial charge on any atom is -0.306 e. The summed E-state index contributed by atoms with van der Waals surface area (Å²) in [6.45, 7) is 4.40. The summed E-state index contributed by atoms with van der Waals surface area (Å²) in [5, 5.41) is 12.2. The third-order valence-corrected chi connectivity index (χ3v) is 3.36. The number of nitriles is 1. The van der Waals surface area contributed by atoms with Crippen molar-refractivity contribution in [2.45, 2.75) is 26.4 Å². The lowest BCUT2D eigenvalue weighted by molar-refractivity contribution is 0.563. The lowest BCUT2D eigenvalue weighted by Crippen LogP contribution is -2.18. The van der Waals surface area contributed by atoms with Gasteiger partial charge in [0.25, 0.3) is 0 Å². The molecule has 2 aromatic carbocycles. The smallest absolute Gasteiger partial charge is 0.126 e. The topological polar surface area (TPSA) is 35.8 Å². The summed E-state index contributed by atoms with van der Waals surface area (Å²) in [4.78, 5) is 0. The first-order valence-electron chi connectivity index (χ1n) is 6.58. The first-order valence-corrected chi connectivity index (χ1v) is 6.58. The molecule has 102 valence electrons. The van der Waals surface area contributed by atoms with E-state index in [1.165, 1.54) is 0 Å². The molecule has 2 aromatic rings. The molecule has 0 aliphatic rings. The molecule has 0 aliphatic heterocycles. The molecule has 0 fully saturated rings. The Morgan fingerprint density at radius 2 is 2.05 bits per heavy atom. The van der Waals surface area contributed by atoms with Crippen LogP contribution < -0.4 is 5.32 Å². The van der Waals surface area contributed by atoms with Gasteiger partial charge in [0.2, 0.25) is 0 Å². The van der Waals surface area contributed by atoms with E-state index in [1.54, 1.807) is 25.1 Å². The maximum Gasteiger partial charge on any atom is 0.126 e. The molecular formula is C17H17FN2. The normalized spacial score (nSPS) is 11.9. The van der Waals surface area contributed by atoms with Crippen molar-refractivity contribution in [3.63, 3.8) is 0 Å². The second kappa shape index (κ2) is 6.31. The Bertz CT molecular complexity index is 644. The minimum absolute atomic E-state index is 0.0517. The van der Waals surface area contributed by atoms with E-state index < -0.39 is 0 Å². The van der Waals surface area contributed by atoms with Crippen molar-refractivity contribution in [3.05, 3.63) is 70.5 Å². The number of benzene rings is 2. The molecule has 0 spiro atoms. The highest BCUT2D eigenvalue weighted by Gasteiger charge is 2.07. The highest BCUT2D eigenvalue weighted by Crippen LogP contribution is 2.17. The SMILES string of the molecule is Cc1ccc(C(C)NCc2cccc(C#N)c2)cc1F. The number of hydrogen-bond donors (Lipinski definition) is 1. The van der Waals surface area contributed by atoms with Crippen molar-refractivity contribution in [3.8, 4) is 6.07 Å². The summed E-state index contributed by atoms with van der Waals surface area (Å²) in [7, 11) is 0. The van der Waals surface area contributed by atoms with Gasteiger partial charge in [-0.1, -0.05) is 24.3 Å². The Balaban J connectivity index is 2.02. The van der Waals surface area contributed by atoms with E-state index in [2.05, 4.69) is 11.4 Å². The van der Waals surface area contributed by atoms with Crippen LogP contribution in [0.3, 0.4) is 0 Å². The Morgan fingerprint density at radius 1 is 1.25 bits per heavy atom. The van der Waals surface area contributed by atoms with E-state index in [9.17, 15) is 4.39 Å². The van der Waals surface area contributed by atoms with E-state index in [4.69, 9.17) is 5.26 Å². The van der Waals surface area contributed by atoms with Crippen LogP contribution in [0.2, 0.25) is 0 Å². The Morgan fingerprint density at radius 3 is 2.75 bits per heavy atom. The second-order valence-electron chi connectivity index (χ2n) is 4.92. The Labute approximate surface area is 118 Å². The van der Waals surface area contributed by atoms with Crippen molar-refractivity contribution in [2.75, 3.05) is 0 Å². The summed E-state index contributed by atoms with van der Waals surface area (Å²) in [5.74, 6) is -0.178. The zero-order chi connectivity index (χ0) is 14.5. The number of aryl methyl sites for hydroxylation is 1. The number of nitrogens with one attached hydrogen (secondary N) is 1. The summed E-state index contributed by atoms with van der Waals surface area (Å²) >= 11 is 0. The summed E-state index contributed by atoms with van der Waals surface area (Å²) in [5.41, 5.74) is 3.27. The van der Waals surface area contributed by atoms with Crippen LogP contribution in [-0.2, 0) is 6.54 Å². The zero-order valence-electron chi connectivity index (χ0n) is 11.7. The average molecular weight is 268 g/mol. The number of rotatable bonds is 4. The van der Waals surface area contributed by atoms with E-state index >= 15 is 0 Å². The van der Waals surface area contributed by atoms with Crippen molar-refractivity contribution >= 4 is 0 Å². The first kappa shape index (κ1) is 14.2. The maximum absolute atomic E-state index is 13.5. The van der Waals surface area contributed by atoms with Crippen LogP contribution in [0.4, 0.5) is 4.39 Å². The van der Waals surface area contributed by atoms with Crippen LogP contribution in [0.5, 0.6) is 0 Å². The molecule has 0 heterocycles. The van der Waals surface area contributed by atoms with Gasteiger partial charge >= 0.3 is 0 Å². The van der Waals surface area contributed by atoms with Crippen LogP contribution in [0.25, 0.3) is 0 Å². The van der Waals surface area contributed by atoms with Gasteiger partial charge in [0.15, 0.2) is 0 Å². The summed E-state index contributed by atoms with van der Waals surface area (Å²) in [6, 6.07) is 14.9. The second-order valence-corrected chi connectivity index (χ2v) is 4.92. The van der Waals surface area contributed by atoms with Crippen molar-refractivity contribution in [1.29, 1.82) is 5.26 Å². The Hall–Kier alpha value is -2.18. The minimum atomic E-state index is -0.178. The van der Waals surface area contributed by atoms with Gasteiger partial charge in [-0.3, -0.25) is 0 Å². The highest BCUT2D eigenvalue weighted by atomic mass is 19.1. The van der Waals surface area contributed by atoms with Crippen LogP contribution in [-0.4, -0.2) is 0 Å². The molecule has 0 radical (unpaired) electrons. The molecule has 3 heteroatoms. The summed E-state index contributed by atoms with van der Waals surface area (Å²) < 4.78 is 13.5. The third-order valence-electron chi connectivity index (χ3n) is 3.36. The number of hydrogen-bond acceptors (Lipinski definition) is 2. The fourth-order valence-electron chi connectivity index (χ4n) is 2.02. The molecule has 0 bridgehead atoms. The fraction of sp³-hybridized carbons (Fsp3) is 0.235. The maximum atomic E-state index is 13.5. The van der Waals surface area contributed by atoms with Crippen LogP contribution in [0.1, 0.15) is 35.2 Å². The van der Waals surface area contributed by atoms with Gasteiger partial charge in [-0.2, -0.15) is 5.26 Å². The quantitative estimate of drug-likeness (QED) is 0.914. The van der Waals surface area contributed by atoms with Gasteiger partial charge in [-0.25, -0.2) is 4.39 Å². The molecule has 2 rings (SSSR count). The first-order chi connectivity index (χ1) is 9.60. The predicted octanol–water partition coefficient (Wildman–Crippen LogP) is 3.86. The lowest BCUT2D eigenvalue weighted by atomic mass is 10.1. The summed E-state index contributed by atoms with van der Waals surface area (Å²) in [6.07, 6.45) is 0. The van der Waals surface area contributed by atoms with E-state index in [0.29, 0.717) is 17.7 Å². The van der Waals surface area contributed by atoms with E-state index in [-0.39, 0.29) is 11.9 Å². The molecule has 0 aromatic heterocycles. The molecule has 1 unspecified atom stereocenters. The molecule has 0 aliphatic carbocycles. The molecule has 0 saturated carbocycles. The molecule has 0 saturated heterocycles. The van der Waals surface area contributed by atoms with Crippen molar-refractivity contribution in [1.82, 2.24) is 5.32 Å². The standard InChI is InChI=1S/C17H17FN2/c1-12-6-7-16(9-17(12)18)13(2)20-11-15-5-3-4-14(8-15)10-19/h3-9,13,20H,11H2,1-2H3. The lowest BCUT2D eigenvalue weighted by Gasteiger charge is -2.15. The number of halogens is 1. The molecule has 0 amide bonds. The van der Waals surface area contributed by atoms with Gasteiger partial charge in [0.1, 0.15) is 5.82 Å². The van der Waals surface area contributed by atoms with Crippen LogP contribution in [0.15, 0.2) is 42.5 Å². The fourth-order valence-corrected chi connectivity index (χ4v) is 2.02. The molecule has 1 atom stereocenters. The molecule has 1 N–H and O–H groups in total. The van der Waals surface area contributed by atoms with Gasteiger partial charge in [0, 0.05) is 12.6 Å². The number of nitrogens with zero attached hydrogens (tertiary/aromatic N) is 1. The molecule has 20 heavy (non-hydrogen) atoms. The van der Waals surface area contributed by atoms with Crippen LogP contribution >= 0.6 is 0 Å². The zero-order valence-corrected chi connectivity index (χ0v) is 11.7. The van der Waals surface area contributed by atoms with Crippen molar-refractivity contribution < 1.29 is 4.39 Å². The van der Waals surface area contributed by atoms with Crippen LogP contribution in [0, 0.1) is 24.1 Å². The molecular weight excluding hydrogens is 251 g/mol. The van der Waals surface area contributed by atoms with Gasteiger partial charge in [-0.05, 0) is 48.7 Å². The Kier molecular flexibility index (Phi) is 4.49. The van der Waals surface area contributed by atoms with Gasteiger partial charge in [-0.15, -0.1) is 0 Å². The largest absolute Gasteiger partial charge is 0.306 e. The van der Waals surface area contributed by atoms with E-state index in [1.807, 2.05) is 31.2 Å².